The van der Waals surface area contributed by atoms with Crippen LogP contribution in [0.2, 0.25) is 0 Å². The molecule has 0 saturated heterocycles. The van der Waals surface area contributed by atoms with Crippen molar-refractivity contribution in [3.8, 4) is 0 Å². The largest absolute Gasteiger partial charge is 0.462 e. The Balaban J connectivity index is 4.38. The van der Waals surface area contributed by atoms with Gasteiger partial charge in [0.15, 0.2) is 6.10 Å². The molecule has 0 aromatic carbocycles. The molecule has 0 rings (SSSR count). The molecule has 0 aliphatic rings. The first-order valence-corrected chi connectivity index (χ1v) is 23.8. The fraction of sp³-hybridized carbons (Fsp3) is 0.745. The standard InChI is InChI=1S/C51H88O6/c1-4-7-10-13-16-19-21-23-25-27-28-30-32-35-38-41-44-50(53)56-47-48(46-55-49(52)43-40-37-34-18-15-12-9-6-3)57-51(54)45-42-39-36-33-31-29-26-24-22-20-17-14-11-8-5-2/h8,11,17,19-21,24-27,48H,4-7,9-10,12-16,18,22-23,28-47H2,1-3H3/b11-8-,20-17-,21-19-,26-24-,27-25-. The van der Waals surface area contributed by atoms with Gasteiger partial charge in [-0.2, -0.15) is 0 Å². The highest BCUT2D eigenvalue weighted by Gasteiger charge is 2.19. The number of unbranched alkanes of at least 4 members (excludes halogenated alkanes) is 21. The van der Waals surface area contributed by atoms with Gasteiger partial charge in [0.05, 0.1) is 0 Å². The fourth-order valence-corrected chi connectivity index (χ4v) is 6.43. The Bertz CT molecular complexity index is 1050. The highest BCUT2D eigenvalue weighted by molar-refractivity contribution is 5.71. The number of allylic oxidation sites excluding steroid dienone is 10. The van der Waals surface area contributed by atoms with E-state index >= 15 is 0 Å². The Morgan fingerprint density at radius 2 is 0.684 bits per heavy atom. The second-order valence-corrected chi connectivity index (χ2v) is 15.6. The minimum atomic E-state index is -0.784. The van der Waals surface area contributed by atoms with Crippen molar-refractivity contribution < 1.29 is 28.6 Å². The summed E-state index contributed by atoms with van der Waals surface area (Å²) in [4.78, 5) is 37.7. The van der Waals surface area contributed by atoms with Gasteiger partial charge in [0.2, 0.25) is 0 Å². The second kappa shape index (κ2) is 45.8. The van der Waals surface area contributed by atoms with Gasteiger partial charge < -0.3 is 14.2 Å². The van der Waals surface area contributed by atoms with Crippen molar-refractivity contribution in [2.45, 2.75) is 232 Å². The van der Waals surface area contributed by atoms with Gasteiger partial charge in [-0.1, -0.05) is 184 Å². The van der Waals surface area contributed by atoms with Crippen molar-refractivity contribution in [2.24, 2.45) is 0 Å². The average Bonchev–Trinajstić information content (AvgIpc) is 3.21. The van der Waals surface area contributed by atoms with Crippen molar-refractivity contribution in [3.63, 3.8) is 0 Å². The topological polar surface area (TPSA) is 78.9 Å². The normalized spacial score (nSPS) is 12.5. The second-order valence-electron chi connectivity index (χ2n) is 15.6. The maximum Gasteiger partial charge on any atom is 0.306 e. The van der Waals surface area contributed by atoms with E-state index in [1.165, 1.54) is 70.6 Å². The number of ether oxygens (including phenoxy) is 3. The zero-order valence-corrected chi connectivity index (χ0v) is 37.3. The molecule has 0 aromatic heterocycles. The molecule has 6 nitrogen and oxygen atoms in total. The number of hydrogen-bond acceptors (Lipinski definition) is 6. The van der Waals surface area contributed by atoms with Crippen LogP contribution in [0, 0.1) is 0 Å². The lowest BCUT2D eigenvalue weighted by molar-refractivity contribution is -0.167. The predicted octanol–water partition coefficient (Wildman–Crippen LogP) is 15.3. The summed E-state index contributed by atoms with van der Waals surface area (Å²) >= 11 is 0. The van der Waals surface area contributed by atoms with Gasteiger partial charge in [-0.3, -0.25) is 14.4 Å². The first-order valence-electron chi connectivity index (χ1n) is 23.8. The van der Waals surface area contributed by atoms with Crippen LogP contribution in [-0.4, -0.2) is 37.2 Å². The third-order valence-corrected chi connectivity index (χ3v) is 10.0. The van der Waals surface area contributed by atoms with Crippen molar-refractivity contribution in [3.05, 3.63) is 60.8 Å². The summed E-state index contributed by atoms with van der Waals surface area (Å²) in [5, 5.41) is 0. The maximum atomic E-state index is 12.7. The van der Waals surface area contributed by atoms with Gasteiger partial charge in [-0.15, -0.1) is 0 Å². The SMILES string of the molecule is CC/C=C\C/C=C\C/C=C\CCCCCCCC(=O)OC(COC(=O)CCCCCCC/C=C\C/C=C\CCCCCC)COC(=O)CCCCCCCCCC. The number of carbonyl (C=O) groups is 3. The molecule has 0 aromatic rings. The van der Waals surface area contributed by atoms with E-state index in [2.05, 4.69) is 81.5 Å². The van der Waals surface area contributed by atoms with E-state index in [1.807, 2.05) is 0 Å². The smallest absolute Gasteiger partial charge is 0.306 e. The fourth-order valence-electron chi connectivity index (χ4n) is 6.43. The van der Waals surface area contributed by atoms with Crippen molar-refractivity contribution in [2.75, 3.05) is 13.2 Å². The molecule has 0 fully saturated rings. The summed E-state index contributed by atoms with van der Waals surface area (Å²) in [6.07, 6.45) is 54.9. The quantitative estimate of drug-likeness (QED) is 0.0265. The summed E-state index contributed by atoms with van der Waals surface area (Å²) < 4.78 is 16.7. The van der Waals surface area contributed by atoms with Gasteiger partial charge in [0.1, 0.15) is 13.2 Å². The Labute approximate surface area is 351 Å². The lowest BCUT2D eigenvalue weighted by atomic mass is 10.1. The first kappa shape index (κ1) is 54.1. The zero-order valence-electron chi connectivity index (χ0n) is 37.3. The van der Waals surface area contributed by atoms with Gasteiger partial charge in [0.25, 0.3) is 0 Å². The van der Waals surface area contributed by atoms with Crippen LogP contribution >= 0.6 is 0 Å². The summed E-state index contributed by atoms with van der Waals surface area (Å²) in [6.45, 7) is 6.44. The molecular formula is C51H88O6. The Morgan fingerprint density at radius 3 is 1.09 bits per heavy atom. The first-order chi connectivity index (χ1) is 28.0. The van der Waals surface area contributed by atoms with E-state index in [4.69, 9.17) is 14.2 Å². The highest BCUT2D eigenvalue weighted by Crippen LogP contribution is 2.13. The van der Waals surface area contributed by atoms with Gasteiger partial charge >= 0.3 is 17.9 Å². The number of rotatable bonds is 42. The molecule has 1 unspecified atom stereocenters. The molecule has 328 valence electrons. The minimum Gasteiger partial charge on any atom is -0.462 e. The summed E-state index contributed by atoms with van der Waals surface area (Å²) in [5.74, 6) is -0.922. The van der Waals surface area contributed by atoms with Crippen molar-refractivity contribution >= 4 is 17.9 Å². The minimum absolute atomic E-state index is 0.0854. The Kier molecular flexibility index (Phi) is 43.5. The molecule has 57 heavy (non-hydrogen) atoms. The molecule has 0 N–H and O–H groups in total. The third-order valence-electron chi connectivity index (χ3n) is 10.0. The lowest BCUT2D eigenvalue weighted by Crippen LogP contribution is -2.30. The van der Waals surface area contributed by atoms with Crippen LogP contribution < -0.4 is 0 Å². The Morgan fingerprint density at radius 1 is 0.368 bits per heavy atom. The van der Waals surface area contributed by atoms with E-state index in [-0.39, 0.29) is 31.1 Å². The summed E-state index contributed by atoms with van der Waals surface area (Å²) in [7, 11) is 0. The lowest BCUT2D eigenvalue weighted by Gasteiger charge is -2.18. The molecule has 0 aliphatic carbocycles. The van der Waals surface area contributed by atoms with Crippen LogP contribution in [0.4, 0.5) is 0 Å². The maximum absolute atomic E-state index is 12.7. The molecule has 6 heteroatoms. The summed E-state index contributed by atoms with van der Waals surface area (Å²) in [6, 6.07) is 0. The van der Waals surface area contributed by atoms with E-state index in [0.717, 1.165) is 116 Å². The molecule has 0 aliphatic heterocycles. The summed E-state index contributed by atoms with van der Waals surface area (Å²) in [5.41, 5.74) is 0. The van der Waals surface area contributed by atoms with Crippen molar-refractivity contribution in [1.82, 2.24) is 0 Å². The molecule has 0 amide bonds. The number of carbonyl (C=O) groups excluding carboxylic acids is 3. The molecule has 0 bridgehead atoms. The monoisotopic (exact) mass is 797 g/mol. The van der Waals surface area contributed by atoms with Crippen LogP contribution in [0.15, 0.2) is 60.8 Å². The molecular weight excluding hydrogens is 709 g/mol. The highest BCUT2D eigenvalue weighted by atomic mass is 16.6. The molecule has 1 atom stereocenters. The van der Waals surface area contributed by atoms with Gasteiger partial charge in [-0.25, -0.2) is 0 Å². The van der Waals surface area contributed by atoms with E-state index in [9.17, 15) is 14.4 Å². The van der Waals surface area contributed by atoms with E-state index < -0.39 is 6.10 Å². The third kappa shape index (κ3) is 44.1. The van der Waals surface area contributed by atoms with Crippen LogP contribution in [0.25, 0.3) is 0 Å². The van der Waals surface area contributed by atoms with E-state index in [0.29, 0.717) is 19.3 Å². The van der Waals surface area contributed by atoms with E-state index in [1.54, 1.807) is 0 Å². The van der Waals surface area contributed by atoms with Crippen LogP contribution in [0.3, 0.4) is 0 Å². The molecule has 0 heterocycles. The van der Waals surface area contributed by atoms with Crippen LogP contribution in [0.5, 0.6) is 0 Å². The number of hydrogen-bond donors (Lipinski definition) is 0. The molecule has 0 saturated carbocycles. The van der Waals surface area contributed by atoms with Crippen molar-refractivity contribution in [1.29, 1.82) is 0 Å². The predicted molar refractivity (Wildman–Crippen MR) is 242 cm³/mol. The van der Waals surface area contributed by atoms with Crippen LogP contribution in [-0.2, 0) is 28.6 Å². The van der Waals surface area contributed by atoms with Gasteiger partial charge in [-0.05, 0) is 83.5 Å². The number of esters is 3. The zero-order chi connectivity index (χ0) is 41.5. The Hall–Kier alpha value is -2.89. The van der Waals surface area contributed by atoms with Crippen LogP contribution in [0.1, 0.15) is 226 Å². The average molecular weight is 797 g/mol. The van der Waals surface area contributed by atoms with Gasteiger partial charge in [0, 0.05) is 19.3 Å². The molecule has 0 spiro atoms. The molecule has 0 radical (unpaired) electrons.